The van der Waals surface area contributed by atoms with Crippen molar-refractivity contribution in [3.05, 3.63) is 17.8 Å². The molecule has 3 rings (SSSR count). The van der Waals surface area contributed by atoms with Crippen molar-refractivity contribution in [1.82, 2.24) is 15.2 Å². The van der Waals surface area contributed by atoms with Crippen molar-refractivity contribution in [3.63, 3.8) is 0 Å². The maximum Gasteiger partial charge on any atom is 0.317 e. The van der Waals surface area contributed by atoms with E-state index in [0.717, 1.165) is 56.1 Å². The molecule has 2 aliphatic heterocycles. The Morgan fingerprint density at radius 2 is 2.10 bits per heavy atom. The molecule has 3 heterocycles. The van der Waals surface area contributed by atoms with Gasteiger partial charge in [0.25, 0.3) is 0 Å². The number of nitrogens with one attached hydrogen (secondary N) is 1. The van der Waals surface area contributed by atoms with Gasteiger partial charge in [0, 0.05) is 38.4 Å². The lowest BCUT2D eigenvalue weighted by Crippen LogP contribution is -2.46. The Labute approximate surface area is 118 Å². The molecule has 0 spiro atoms. The van der Waals surface area contributed by atoms with Gasteiger partial charge in [-0.2, -0.15) is 0 Å². The summed E-state index contributed by atoms with van der Waals surface area (Å²) in [5.41, 5.74) is 7.87. The Morgan fingerprint density at radius 3 is 2.70 bits per heavy atom. The third-order valence-corrected chi connectivity index (χ3v) is 4.13. The topological polar surface area (TPSA) is 74.5 Å². The molecule has 6 nitrogen and oxygen atoms in total. The van der Waals surface area contributed by atoms with Crippen LogP contribution >= 0.6 is 0 Å². The number of hydrogen-bond donors (Lipinski definition) is 2. The van der Waals surface area contributed by atoms with Crippen LogP contribution in [0, 0.1) is 6.92 Å². The molecule has 0 atom stereocenters. The average Bonchev–Trinajstić information content (AvgIpc) is 2.85. The van der Waals surface area contributed by atoms with Crippen LogP contribution in [0.25, 0.3) is 0 Å². The minimum absolute atomic E-state index is 0.0800. The molecule has 2 amide bonds. The second kappa shape index (κ2) is 5.19. The molecule has 0 saturated carbocycles. The first-order chi connectivity index (χ1) is 9.65. The van der Waals surface area contributed by atoms with Crippen LogP contribution in [-0.4, -0.2) is 48.1 Å². The molecule has 2 fully saturated rings. The molecule has 0 radical (unpaired) electrons. The quantitative estimate of drug-likeness (QED) is 0.843. The summed E-state index contributed by atoms with van der Waals surface area (Å²) in [5, 5.41) is 2.87. The second-order valence-corrected chi connectivity index (χ2v) is 5.57. The molecule has 0 bridgehead atoms. The number of amides is 2. The van der Waals surface area contributed by atoms with E-state index >= 15 is 0 Å². The van der Waals surface area contributed by atoms with Gasteiger partial charge in [-0.25, -0.2) is 9.78 Å². The number of aryl methyl sites for hydroxylation is 1. The Morgan fingerprint density at radius 1 is 1.35 bits per heavy atom. The standard InChI is InChI=1S/C14H21N5O/c1-10-8-12(15)13(17-9-10)18-5-2-11(3-6-18)19-7-4-16-14(19)20/h8-9,11H,2-7,15H2,1H3,(H,16,20). The Kier molecular flexibility index (Phi) is 3.38. The monoisotopic (exact) mass is 275 g/mol. The summed E-state index contributed by atoms with van der Waals surface area (Å²) in [6.07, 6.45) is 3.80. The summed E-state index contributed by atoms with van der Waals surface area (Å²) in [6.45, 7) is 5.38. The maximum absolute atomic E-state index is 11.7. The predicted molar refractivity (Wildman–Crippen MR) is 78.7 cm³/mol. The van der Waals surface area contributed by atoms with E-state index in [-0.39, 0.29) is 6.03 Å². The molecule has 0 aliphatic carbocycles. The highest BCUT2D eigenvalue weighted by atomic mass is 16.2. The third kappa shape index (κ3) is 2.37. The van der Waals surface area contributed by atoms with Crippen LogP contribution in [0.1, 0.15) is 18.4 Å². The van der Waals surface area contributed by atoms with Gasteiger partial charge in [-0.3, -0.25) is 0 Å². The van der Waals surface area contributed by atoms with Gasteiger partial charge in [-0.1, -0.05) is 0 Å². The number of anilines is 2. The summed E-state index contributed by atoms with van der Waals surface area (Å²) in [4.78, 5) is 20.3. The van der Waals surface area contributed by atoms with Crippen molar-refractivity contribution in [2.24, 2.45) is 0 Å². The highest BCUT2D eigenvalue weighted by Crippen LogP contribution is 2.26. The minimum atomic E-state index is 0.0800. The predicted octanol–water partition coefficient (Wildman–Crippen LogP) is 0.966. The Balaban J connectivity index is 1.65. The Bertz CT molecular complexity index is 510. The van der Waals surface area contributed by atoms with Crippen molar-refractivity contribution in [2.75, 3.05) is 36.8 Å². The molecule has 2 aliphatic rings. The molecule has 2 saturated heterocycles. The molecule has 1 aromatic heterocycles. The number of rotatable bonds is 2. The van der Waals surface area contributed by atoms with Crippen molar-refractivity contribution < 1.29 is 4.79 Å². The van der Waals surface area contributed by atoms with Crippen LogP contribution in [0.15, 0.2) is 12.3 Å². The van der Waals surface area contributed by atoms with E-state index in [1.54, 1.807) is 0 Å². The number of nitrogens with zero attached hydrogens (tertiary/aromatic N) is 3. The highest BCUT2D eigenvalue weighted by molar-refractivity contribution is 5.76. The first-order valence-corrected chi connectivity index (χ1v) is 7.16. The van der Waals surface area contributed by atoms with E-state index in [4.69, 9.17) is 5.73 Å². The SMILES string of the molecule is Cc1cnc(N2CCC(N3CCNC3=O)CC2)c(N)c1. The fourth-order valence-electron chi connectivity index (χ4n) is 3.07. The summed E-state index contributed by atoms with van der Waals surface area (Å²) < 4.78 is 0. The maximum atomic E-state index is 11.7. The number of urea groups is 1. The number of nitrogens with two attached hydrogens (primary N) is 1. The lowest BCUT2D eigenvalue weighted by atomic mass is 10.0. The fraction of sp³-hybridized carbons (Fsp3) is 0.571. The fourth-order valence-corrected chi connectivity index (χ4v) is 3.07. The summed E-state index contributed by atoms with van der Waals surface area (Å²) in [7, 11) is 0. The molecule has 20 heavy (non-hydrogen) atoms. The first-order valence-electron chi connectivity index (χ1n) is 7.16. The smallest absolute Gasteiger partial charge is 0.317 e. The summed E-state index contributed by atoms with van der Waals surface area (Å²) in [5.74, 6) is 0.875. The average molecular weight is 275 g/mol. The zero-order valence-corrected chi connectivity index (χ0v) is 11.8. The molecule has 0 unspecified atom stereocenters. The molecule has 6 heteroatoms. The van der Waals surface area contributed by atoms with Gasteiger partial charge in [-0.15, -0.1) is 0 Å². The van der Waals surface area contributed by atoms with Gasteiger partial charge < -0.3 is 20.9 Å². The molecule has 3 N–H and O–H groups in total. The van der Waals surface area contributed by atoms with Gasteiger partial charge >= 0.3 is 6.03 Å². The number of aromatic nitrogens is 1. The van der Waals surface area contributed by atoms with E-state index in [1.807, 2.05) is 24.1 Å². The molecule has 108 valence electrons. The molecular formula is C14H21N5O. The first kappa shape index (κ1) is 13.0. The van der Waals surface area contributed by atoms with Gasteiger partial charge in [0.1, 0.15) is 0 Å². The van der Waals surface area contributed by atoms with E-state index in [2.05, 4.69) is 15.2 Å². The zero-order valence-electron chi connectivity index (χ0n) is 11.8. The van der Waals surface area contributed by atoms with Gasteiger partial charge in [-0.05, 0) is 31.4 Å². The minimum Gasteiger partial charge on any atom is -0.396 e. The van der Waals surface area contributed by atoms with Crippen molar-refractivity contribution >= 4 is 17.5 Å². The van der Waals surface area contributed by atoms with Crippen molar-refractivity contribution in [2.45, 2.75) is 25.8 Å². The molecular weight excluding hydrogens is 254 g/mol. The zero-order chi connectivity index (χ0) is 14.1. The lowest BCUT2D eigenvalue weighted by molar-refractivity contribution is 0.186. The number of piperidine rings is 1. The van der Waals surface area contributed by atoms with Gasteiger partial charge in [0.15, 0.2) is 5.82 Å². The van der Waals surface area contributed by atoms with Crippen LogP contribution in [-0.2, 0) is 0 Å². The van der Waals surface area contributed by atoms with Crippen molar-refractivity contribution in [3.8, 4) is 0 Å². The van der Waals surface area contributed by atoms with Crippen LogP contribution in [0.2, 0.25) is 0 Å². The number of carbonyl (C=O) groups is 1. The van der Waals surface area contributed by atoms with Crippen LogP contribution < -0.4 is 16.0 Å². The van der Waals surface area contributed by atoms with E-state index in [1.165, 1.54) is 0 Å². The van der Waals surface area contributed by atoms with E-state index < -0.39 is 0 Å². The van der Waals surface area contributed by atoms with Gasteiger partial charge in [0.05, 0.1) is 5.69 Å². The Hall–Kier alpha value is -1.98. The summed E-state index contributed by atoms with van der Waals surface area (Å²) in [6, 6.07) is 2.39. The van der Waals surface area contributed by atoms with Crippen LogP contribution in [0.4, 0.5) is 16.3 Å². The van der Waals surface area contributed by atoms with Crippen molar-refractivity contribution in [1.29, 1.82) is 0 Å². The van der Waals surface area contributed by atoms with Gasteiger partial charge in [0.2, 0.25) is 0 Å². The number of nitrogen functional groups attached to an aromatic ring is 1. The van der Waals surface area contributed by atoms with E-state index in [9.17, 15) is 4.79 Å². The molecule has 0 aromatic carbocycles. The highest BCUT2D eigenvalue weighted by Gasteiger charge is 2.31. The second-order valence-electron chi connectivity index (χ2n) is 5.57. The third-order valence-electron chi connectivity index (χ3n) is 4.13. The summed E-state index contributed by atoms with van der Waals surface area (Å²) >= 11 is 0. The van der Waals surface area contributed by atoms with Crippen LogP contribution in [0.3, 0.4) is 0 Å². The van der Waals surface area contributed by atoms with E-state index in [0.29, 0.717) is 6.04 Å². The lowest BCUT2D eigenvalue weighted by Gasteiger charge is -2.37. The normalized spacial score (nSPS) is 20.4. The molecule has 1 aromatic rings. The number of hydrogen-bond acceptors (Lipinski definition) is 4. The largest absolute Gasteiger partial charge is 0.396 e. The number of carbonyl (C=O) groups excluding carboxylic acids is 1. The number of pyridine rings is 1. The van der Waals surface area contributed by atoms with Crippen LogP contribution in [0.5, 0.6) is 0 Å².